The van der Waals surface area contributed by atoms with E-state index in [0.717, 1.165) is 32.2 Å². The van der Waals surface area contributed by atoms with E-state index in [0.29, 0.717) is 12.3 Å². The number of rotatable bonds is 8. The van der Waals surface area contributed by atoms with Crippen molar-refractivity contribution in [2.24, 2.45) is 0 Å². The number of unbranched alkanes of at least 4 members (excludes halogenated alkanes) is 2. The Bertz CT molecular complexity index is 392. The molecule has 1 aromatic rings. The molecule has 0 aromatic heterocycles. The van der Waals surface area contributed by atoms with Gasteiger partial charge in [0.15, 0.2) is 0 Å². The topological polar surface area (TPSA) is 20.3 Å². The van der Waals surface area contributed by atoms with Crippen LogP contribution in [0.4, 0.5) is 0 Å². The maximum Gasteiger partial charge on any atom is 0.222 e. The summed E-state index contributed by atoms with van der Waals surface area (Å²) in [4.78, 5) is 13.8. The number of halogens is 1. The van der Waals surface area contributed by atoms with E-state index in [2.05, 4.69) is 25.1 Å². The first-order chi connectivity index (χ1) is 9.13. The van der Waals surface area contributed by atoms with Crippen molar-refractivity contribution < 1.29 is 4.79 Å². The number of nitrogens with zero attached hydrogens (tertiary/aromatic N) is 1. The third-order valence-electron chi connectivity index (χ3n) is 3.26. The maximum atomic E-state index is 12.0. The first kappa shape index (κ1) is 16.0. The lowest BCUT2D eigenvalue weighted by molar-refractivity contribution is -0.129. The van der Waals surface area contributed by atoms with Crippen LogP contribution in [0, 0.1) is 6.92 Å². The highest BCUT2D eigenvalue weighted by atomic mass is 35.5. The summed E-state index contributed by atoms with van der Waals surface area (Å²) in [6.07, 6.45) is 4.59. The predicted molar refractivity (Wildman–Crippen MR) is 81.7 cm³/mol. The second-order valence-electron chi connectivity index (χ2n) is 5.05. The first-order valence-corrected chi connectivity index (χ1v) is 7.52. The number of carbonyl (C=O) groups is 1. The molecule has 2 nitrogen and oxygen atoms in total. The van der Waals surface area contributed by atoms with Crippen LogP contribution in [-0.2, 0) is 11.2 Å². The molecule has 0 unspecified atom stereocenters. The van der Waals surface area contributed by atoms with Crippen LogP contribution >= 0.6 is 11.6 Å². The van der Waals surface area contributed by atoms with E-state index in [1.807, 2.05) is 18.0 Å². The fourth-order valence-corrected chi connectivity index (χ4v) is 2.24. The Morgan fingerprint density at radius 3 is 2.74 bits per heavy atom. The van der Waals surface area contributed by atoms with Crippen LogP contribution in [-0.4, -0.2) is 30.3 Å². The molecule has 0 aliphatic heterocycles. The molecule has 0 saturated carbocycles. The minimum atomic E-state index is 0.229. The monoisotopic (exact) mass is 281 g/mol. The quantitative estimate of drug-likeness (QED) is 0.524. The van der Waals surface area contributed by atoms with E-state index in [4.69, 9.17) is 11.6 Å². The lowest BCUT2D eigenvalue weighted by Gasteiger charge is -2.17. The molecule has 0 aliphatic rings. The highest BCUT2D eigenvalue weighted by molar-refractivity contribution is 6.17. The molecule has 0 radical (unpaired) electrons. The fraction of sp³-hybridized carbons (Fsp3) is 0.562. The summed E-state index contributed by atoms with van der Waals surface area (Å²) < 4.78 is 0. The van der Waals surface area contributed by atoms with Crippen LogP contribution in [0.25, 0.3) is 0 Å². The fourth-order valence-electron chi connectivity index (χ4n) is 2.05. The van der Waals surface area contributed by atoms with Crippen molar-refractivity contribution in [3.63, 3.8) is 0 Å². The smallest absolute Gasteiger partial charge is 0.222 e. The molecule has 19 heavy (non-hydrogen) atoms. The van der Waals surface area contributed by atoms with Gasteiger partial charge in [0.25, 0.3) is 0 Å². The summed E-state index contributed by atoms with van der Waals surface area (Å²) in [5.74, 6) is 0.942. The Morgan fingerprint density at radius 1 is 1.26 bits per heavy atom. The van der Waals surface area contributed by atoms with Crippen molar-refractivity contribution in [3.8, 4) is 0 Å². The number of benzene rings is 1. The van der Waals surface area contributed by atoms with Crippen LogP contribution in [0.3, 0.4) is 0 Å². The molecule has 0 atom stereocenters. The summed E-state index contributed by atoms with van der Waals surface area (Å²) in [5.41, 5.74) is 2.49. The van der Waals surface area contributed by atoms with Gasteiger partial charge in [0.05, 0.1) is 0 Å². The zero-order valence-electron chi connectivity index (χ0n) is 12.0. The molecule has 0 aliphatic carbocycles. The molecule has 1 amide bonds. The molecular weight excluding hydrogens is 258 g/mol. The number of aryl methyl sites for hydroxylation is 2. The van der Waals surface area contributed by atoms with Crippen LogP contribution in [0.15, 0.2) is 24.3 Å². The predicted octanol–water partition coefficient (Wildman–Crippen LogP) is 3.80. The van der Waals surface area contributed by atoms with E-state index in [9.17, 15) is 4.79 Å². The molecule has 106 valence electrons. The zero-order valence-corrected chi connectivity index (χ0v) is 12.7. The Balaban J connectivity index is 2.26. The molecule has 0 saturated heterocycles. The van der Waals surface area contributed by atoms with Gasteiger partial charge in [-0.3, -0.25) is 4.79 Å². The summed E-state index contributed by atoms with van der Waals surface area (Å²) in [7, 11) is 1.89. The number of hydrogen-bond acceptors (Lipinski definition) is 1. The number of amides is 1. The van der Waals surface area contributed by atoms with Gasteiger partial charge in [0.2, 0.25) is 5.91 Å². The van der Waals surface area contributed by atoms with E-state index < -0.39 is 0 Å². The van der Waals surface area contributed by atoms with Gasteiger partial charge in [0.1, 0.15) is 0 Å². The average molecular weight is 282 g/mol. The molecule has 1 rings (SSSR count). The van der Waals surface area contributed by atoms with Gasteiger partial charge < -0.3 is 4.90 Å². The summed E-state index contributed by atoms with van der Waals surface area (Å²) in [5, 5.41) is 0. The SMILES string of the molecule is Cc1cccc(CCC(=O)N(C)CCCCCCl)c1. The molecular formula is C16H24ClNO. The minimum Gasteiger partial charge on any atom is -0.346 e. The van der Waals surface area contributed by atoms with Gasteiger partial charge in [-0.1, -0.05) is 36.2 Å². The minimum absolute atomic E-state index is 0.229. The molecule has 0 fully saturated rings. The lowest BCUT2D eigenvalue weighted by atomic mass is 10.1. The maximum absolute atomic E-state index is 12.0. The Morgan fingerprint density at radius 2 is 2.05 bits per heavy atom. The summed E-state index contributed by atoms with van der Waals surface area (Å²) in [6, 6.07) is 8.35. The third kappa shape index (κ3) is 6.63. The number of alkyl halides is 1. The second kappa shape index (κ2) is 8.98. The van der Waals surface area contributed by atoms with Crippen molar-refractivity contribution in [3.05, 3.63) is 35.4 Å². The highest BCUT2D eigenvalue weighted by Crippen LogP contribution is 2.08. The molecule has 1 aromatic carbocycles. The zero-order chi connectivity index (χ0) is 14.1. The van der Waals surface area contributed by atoms with Gasteiger partial charge in [-0.15, -0.1) is 11.6 Å². The number of hydrogen-bond donors (Lipinski definition) is 0. The van der Waals surface area contributed by atoms with Crippen molar-refractivity contribution in [2.45, 2.75) is 39.0 Å². The molecule has 0 N–H and O–H groups in total. The van der Waals surface area contributed by atoms with Crippen molar-refractivity contribution in [1.82, 2.24) is 4.90 Å². The summed E-state index contributed by atoms with van der Waals surface area (Å²) in [6.45, 7) is 2.91. The average Bonchev–Trinajstić information content (AvgIpc) is 2.41. The molecule has 0 bridgehead atoms. The van der Waals surface area contributed by atoms with E-state index in [-0.39, 0.29) is 5.91 Å². The van der Waals surface area contributed by atoms with Crippen molar-refractivity contribution >= 4 is 17.5 Å². The van der Waals surface area contributed by atoms with Crippen LogP contribution < -0.4 is 0 Å². The van der Waals surface area contributed by atoms with Gasteiger partial charge in [-0.05, 0) is 31.7 Å². The van der Waals surface area contributed by atoms with Gasteiger partial charge in [-0.25, -0.2) is 0 Å². The third-order valence-corrected chi connectivity index (χ3v) is 3.53. The normalized spacial score (nSPS) is 10.5. The van der Waals surface area contributed by atoms with Crippen LogP contribution in [0.2, 0.25) is 0 Å². The number of carbonyl (C=O) groups excluding carboxylic acids is 1. The Kier molecular flexibility index (Phi) is 7.57. The van der Waals surface area contributed by atoms with Gasteiger partial charge >= 0.3 is 0 Å². The van der Waals surface area contributed by atoms with E-state index in [1.165, 1.54) is 11.1 Å². The molecule has 0 spiro atoms. The van der Waals surface area contributed by atoms with Crippen LogP contribution in [0.1, 0.15) is 36.8 Å². The highest BCUT2D eigenvalue weighted by Gasteiger charge is 2.08. The van der Waals surface area contributed by atoms with E-state index >= 15 is 0 Å². The lowest BCUT2D eigenvalue weighted by Crippen LogP contribution is -2.27. The first-order valence-electron chi connectivity index (χ1n) is 6.99. The van der Waals surface area contributed by atoms with Crippen molar-refractivity contribution in [1.29, 1.82) is 0 Å². The van der Waals surface area contributed by atoms with Crippen LogP contribution in [0.5, 0.6) is 0 Å². The van der Waals surface area contributed by atoms with E-state index in [1.54, 1.807) is 0 Å². The summed E-state index contributed by atoms with van der Waals surface area (Å²) >= 11 is 5.63. The molecule has 3 heteroatoms. The second-order valence-corrected chi connectivity index (χ2v) is 5.43. The standard InChI is InChI=1S/C16H24ClNO/c1-14-7-6-8-15(13-14)9-10-16(19)18(2)12-5-3-4-11-17/h6-8,13H,3-5,9-12H2,1-2H3. The van der Waals surface area contributed by atoms with Crippen molar-refractivity contribution in [2.75, 3.05) is 19.5 Å². The molecule has 0 heterocycles. The largest absolute Gasteiger partial charge is 0.346 e. The van der Waals surface area contributed by atoms with Gasteiger partial charge in [-0.2, -0.15) is 0 Å². The Hall–Kier alpha value is -1.02. The Labute approximate surface area is 121 Å². The van der Waals surface area contributed by atoms with Gasteiger partial charge in [0, 0.05) is 25.9 Å².